The van der Waals surface area contributed by atoms with Gasteiger partial charge in [0.05, 0.1) is 6.26 Å². The Morgan fingerprint density at radius 3 is 2.50 bits per heavy atom. The minimum atomic E-state index is -0.0993. The first-order valence-corrected chi connectivity index (χ1v) is 6.89. The van der Waals surface area contributed by atoms with Crippen LogP contribution in [0.5, 0.6) is 5.75 Å². The number of hydrogen-bond donors (Lipinski definition) is 0. The molecule has 3 rings (SSSR count). The molecule has 1 heteroatoms. The smallest absolute Gasteiger partial charge is 0.131 e. The molecule has 0 bridgehead atoms. The number of benzene rings is 2. The lowest BCUT2D eigenvalue weighted by atomic mass is 9.72. The van der Waals surface area contributed by atoms with E-state index in [2.05, 4.69) is 55.6 Å². The van der Waals surface area contributed by atoms with Crippen molar-refractivity contribution in [2.45, 2.75) is 18.3 Å². The molecule has 0 saturated carbocycles. The average Bonchev–Trinajstić information content (AvgIpc) is 2.48. The molecule has 0 saturated heterocycles. The molecule has 0 radical (unpaired) electrons. The highest BCUT2D eigenvalue weighted by Crippen LogP contribution is 2.46. The minimum Gasteiger partial charge on any atom is -0.465 e. The van der Waals surface area contributed by atoms with Crippen molar-refractivity contribution in [3.63, 3.8) is 0 Å². The van der Waals surface area contributed by atoms with Crippen molar-refractivity contribution in [2.75, 3.05) is 0 Å². The summed E-state index contributed by atoms with van der Waals surface area (Å²) in [6, 6.07) is 12.6. The summed E-state index contributed by atoms with van der Waals surface area (Å²) >= 11 is 0. The van der Waals surface area contributed by atoms with Crippen LogP contribution in [0, 0.1) is 0 Å². The molecule has 100 valence electrons. The molecular formula is C19H18O. The Hall–Kier alpha value is -2.28. The molecule has 0 spiro atoms. The van der Waals surface area contributed by atoms with E-state index in [1.807, 2.05) is 12.2 Å². The number of fused-ring (bicyclic) bond motifs is 3. The molecule has 2 aromatic rings. The second-order valence-electron chi connectivity index (χ2n) is 5.22. The van der Waals surface area contributed by atoms with E-state index in [1.165, 1.54) is 16.3 Å². The summed E-state index contributed by atoms with van der Waals surface area (Å²) < 4.78 is 5.73. The summed E-state index contributed by atoms with van der Waals surface area (Å²) in [4.78, 5) is 0. The van der Waals surface area contributed by atoms with E-state index in [-0.39, 0.29) is 5.41 Å². The fourth-order valence-corrected chi connectivity index (χ4v) is 3.12. The van der Waals surface area contributed by atoms with Crippen LogP contribution >= 0.6 is 0 Å². The molecular weight excluding hydrogens is 244 g/mol. The second kappa shape index (κ2) is 5.01. The average molecular weight is 262 g/mol. The molecule has 2 aromatic carbocycles. The molecule has 1 aliphatic heterocycles. The van der Waals surface area contributed by atoms with Gasteiger partial charge in [0.2, 0.25) is 0 Å². The summed E-state index contributed by atoms with van der Waals surface area (Å²) in [6.07, 6.45) is 9.64. The van der Waals surface area contributed by atoms with Crippen LogP contribution in [0.1, 0.15) is 18.4 Å². The van der Waals surface area contributed by atoms with Crippen LogP contribution in [0.4, 0.5) is 0 Å². The second-order valence-corrected chi connectivity index (χ2v) is 5.22. The zero-order valence-corrected chi connectivity index (χ0v) is 11.5. The largest absolute Gasteiger partial charge is 0.465 e. The first-order chi connectivity index (χ1) is 9.80. The maximum Gasteiger partial charge on any atom is 0.131 e. The normalized spacial score (nSPS) is 15.4. The van der Waals surface area contributed by atoms with Crippen LogP contribution in [0.25, 0.3) is 10.8 Å². The Kier molecular flexibility index (Phi) is 3.19. The van der Waals surface area contributed by atoms with Gasteiger partial charge in [-0.15, -0.1) is 13.2 Å². The quantitative estimate of drug-likeness (QED) is 0.693. The Balaban J connectivity index is 2.33. The van der Waals surface area contributed by atoms with Gasteiger partial charge in [0.15, 0.2) is 0 Å². The van der Waals surface area contributed by atoms with Gasteiger partial charge >= 0.3 is 0 Å². The van der Waals surface area contributed by atoms with E-state index < -0.39 is 0 Å². The number of rotatable bonds is 4. The van der Waals surface area contributed by atoms with Gasteiger partial charge in [-0.3, -0.25) is 0 Å². The molecule has 0 aliphatic carbocycles. The van der Waals surface area contributed by atoms with E-state index >= 15 is 0 Å². The van der Waals surface area contributed by atoms with Crippen LogP contribution in [-0.4, -0.2) is 0 Å². The predicted octanol–water partition coefficient (Wildman–Crippen LogP) is 5.14. The monoisotopic (exact) mass is 262 g/mol. The molecule has 1 heterocycles. The molecule has 0 fully saturated rings. The Morgan fingerprint density at radius 2 is 1.75 bits per heavy atom. The summed E-state index contributed by atoms with van der Waals surface area (Å²) in [5.74, 6) is 0.940. The standard InChI is InChI=1S/C19H18O/c1-3-11-19(12-4-2)13-14-20-17-10-9-15-7-5-6-8-16(15)18(17)19/h3-10,13-14H,1-2,11-12H2. The van der Waals surface area contributed by atoms with Gasteiger partial charge in [0.25, 0.3) is 0 Å². The fourth-order valence-electron chi connectivity index (χ4n) is 3.12. The molecule has 1 nitrogen and oxygen atoms in total. The van der Waals surface area contributed by atoms with E-state index in [0.29, 0.717) is 0 Å². The summed E-state index contributed by atoms with van der Waals surface area (Å²) in [5.41, 5.74) is 1.15. The van der Waals surface area contributed by atoms with E-state index in [4.69, 9.17) is 4.74 Å². The Morgan fingerprint density at radius 1 is 1.00 bits per heavy atom. The molecule has 20 heavy (non-hydrogen) atoms. The lowest BCUT2D eigenvalue weighted by Crippen LogP contribution is -2.26. The zero-order chi connectivity index (χ0) is 14.0. The number of hydrogen-bond acceptors (Lipinski definition) is 1. The molecule has 1 aliphatic rings. The molecule has 0 unspecified atom stereocenters. The van der Waals surface area contributed by atoms with Gasteiger partial charge in [-0.1, -0.05) is 42.5 Å². The zero-order valence-electron chi connectivity index (χ0n) is 11.5. The van der Waals surface area contributed by atoms with Gasteiger partial charge in [0, 0.05) is 11.0 Å². The predicted molar refractivity (Wildman–Crippen MR) is 85.0 cm³/mol. The van der Waals surface area contributed by atoms with Gasteiger partial charge < -0.3 is 4.74 Å². The van der Waals surface area contributed by atoms with Gasteiger partial charge in [-0.05, 0) is 35.8 Å². The van der Waals surface area contributed by atoms with Crippen molar-refractivity contribution in [3.05, 3.63) is 79.6 Å². The van der Waals surface area contributed by atoms with Crippen molar-refractivity contribution in [2.24, 2.45) is 0 Å². The van der Waals surface area contributed by atoms with Crippen molar-refractivity contribution in [1.29, 1.82) is 0 Å². The molecule has 0 atom stereocenters. The summed E-state index contributed by atoms with van der Waals surface area (Å²) in [5, 5.41) is 2.49. The Bertz CT molecular complexity index is 684. The van der Waals surface area contributed by atoms with Crippen molar-refractivity contribution in [1.82, 2.24) is 0 Å². The van der Waals surface area contributed by atoms with Crippen LogP contribution in [0.3, 0.4) is 0 Å². The van der Waals surface area contributed by atoms with Gasteiger partial charge in [-0.25, -0.2) is 0 Å². The highest BCUT2D eigenvalue weighted by molar-refractivity contribution is 5.89. The number of allylic oxidation sites excluding steroid dienone is 3. The molecule has 0 N–H and O–H groups in total. The fraction of sp³-hybridized carbons (Fsp3) is 0.158. The third-order valence-electron chi connectivity index (χ3n) is 3.99. The van der Waals surface area contributed by atoms with Gasteiger partial charge in [0.1, 0.15) is 5.75 Å². The van der Waals surface area contributed by atoms with Gasteiger partial charge in [-0.2, -0.15) is 0 Å². The Labute approximate surface area is 119 Å². The van der Waals surface area contributed by atoms with Crippen LogP contribution in [0.15, 0.2) is 74.0 Å². The van der Waals surface area contributed by atoms with E-state index in [0.717, 1.165) is 18.6 Å². The topological polar surface area (TPSA) is 9.23 Å². The van der Waals surface area contributed by atoms with Crippen molar-refractivity contribution < 1.29 is 4.74 Å². The van der Waals surface area contributed by atoms with Crippen LogP contribution < -0.4 is 4.74 Å². The molecule has 0 amide bonds. The number of ether oxygens (including phenoxy) is 1. The third kappa shape index (κ3) is 1.87. The summed E-state index contributed by atoms with van der Waals surface area (Å²) in [6.45, 7) is 7.85. The summed E-state index contributed by atoms with van der Waals surface area (Å²) in [7, 11) is 0. The SMILES string of the molecule is C=CCC1(CC=C)C=COc2ccc3ccccc3c21. The van der Waals surface area contributed by atoms with E-state index in [9.17, 15) is 0 Å². The van der Waals surface area contributed by atoms with Crippen molar-refractivity contribution in [3.8, 4) is 5.75 Å². The maximum absolute atomic E-state index is 5.73. The minimum absolute atomic E-state index is 0.0993. The highest BCUT2D eigenvalue weighted by Gasteiger charge is 2.34. The third-order valence-corrected chi connectivity index (χ3v) is 3.99. The maximum atomic E-state index is 5.73. The van der Waals surface area contributed by atoms with Crippen LogP contribution in [0.2, 0.25) is 0 Å². The van der Waals surface area contributed by atoms with Crippen LogP contribution in [-0.2, 0) is 5.41 Å². The highest BCUT2D eigenvalue weighted by atomic mass is 16.5. The first kappa shape index (κ1) is 12.7. The lowest BCUT2D eigenvalue weighted by Gasteiger charge is -2.34. The lowest BCUT2D eigenvalue weighted by molar-refractivity contribution is 0.411. The molecule has 0 aromatic heterocycles. The van der Waals surface area contributed by atoms with E-state index in [1.54, 1.807) is 6.26 Å². The first-order valence-electron chi connectivity index (χ1n) is 6.89. The van der Waals surface area contributed by atoms with Crippen molar-refractivity contribution >= 4 is 10.8 Å².